The van der Waals surface area contributed by atoms with E-state index in [-0.39, 0.29) is 11.8 Å². The van der Waals surface area contributed by atoms with Gasteiger partial charge in [0.05, 0.1) is 6.04 Å². The summed E-state index contributed by atoms with van der Waals surface area (Å²) in [5, 5.41) is 9.02. The highest BCUT2D eigenvalue weighted by Gasteiger charge is 2.05. The number of benzene rings is 1. The summed E-state index contributed by atoms with van der Waals surface area (Å²) in [6.07, 6.45) is 0.631. The van der Waals surface area contributed by atoms with Crippen LogP contribution in [-0.4, -0.2) is 11.1 Å². The third-order valence-electron chi connectivity index (χ3n) is 1.80. The standard InChI is InChI=1S/C10H12INO/c1-7(13)10(12)6-8-2-4-9(11)5-3-8/h2-5,10,13H,1,6,12H2/t10-/m0/s1. The number of hydrogen-bond donors (Lipinski definition) is 2. The van der Waals surface area contributed by atoms with E-state index >= 15 is 0 Å². The van der Waals surface area contributed by atoms with Crippen LogP contribution in [0.15, 0.2) is 36.6 Å². The molecule has 0 amide bonds. The Bertz CT molecular complexity index is 294. The Kier molecular flexibility index (Phi) is 3.74. The van der Waals surface area contributed by atoms with Crippen LogP contribution >= 0.6 is 22.6 Å². The number of aliphatic hydroxyl groups is 1. The molecule has 70 valence electrons. The summed E-state index contributed by atoms with van der Waals surface area (Å²) in [4.78, 5) is 0. The highest BCUT2D eigenvalue weighted by atomic mass is 127. The van der Waals surface area contributed by atoms with E-state index in [0.717, 1.165) is 5.56 Å². The van der Waals surface area contributed by atoms with Gasteiger partial charge in [-0.25, -0.2) is 0 Å². The lowest BCUT2D eigenvalue weighted by molar-refractivity contribution is 0.368. The van der Waals surface area contributed by atoms with Crippen molar-refractivity contribution < 1.29 is 5.11 Å². The van der Waals surface area contributed by atoms with E-state index in [2.05, 4.69) is 29.2 Å². The Morgan fingerprint density at radius 3 is 2.46 bits per heavy atom. The lowest BCUT2D eigenvalue weighted by Gasteiger charge is -2.09. The monoisotopic (exact) mass is 289 g/mol. The molecule has 1 rings (SSSR count). The average Bonchev–Trinajstić information content (AvgIpc) is 2.08. The molecule has 0 fully saturated rings. The molecule has 0 saturated heterocycles. The summed E-state index contributed by atoms with van der Waals surface area (Å²) in [6, 6.07) is 7.68. The summed E-state index contributed by atoms with van der Waals surface area (Å²) in [5.74, 6) is 0.0403. The molecule has 0 aliphatic heterocycles. The SMILES string of the molecule is C=C(O)[C@@H](N)Cc1ccc(I)cc1. The maximum Gasteiger partial charge on any atom is 0.102 e. The molecule has 0 spiro atoms. The van der Waals surface area contributed by atoms with Gasteiger partial charge in [-0.15, -0.1) is 0 Å². The normalized spacial score (nSPS) is 12.5. The van der Waals surface area contributed by atoms with E-state index in [9.17, 15) is 0 Å². The maximum absolute atomic E-state index is 9.02. The second-order valence-corrected chi connectivity index (χ2v) is 4.17. The summed E-state index contributed by atoms with van der Waals surface area (Å²) < 4.78 is 1.19. The Morgan fingerprint density at radius 2 is 2.00 bits per heavy atom. The molecule has 0 radical (unpaired) electrons. The highest BCUT2D eigenvalue weighted by molar-refractivity contribution is 14.1. The Morgan fingerprint density at radius 1 is 1.46 bits per heavy atom. The van der Waals surface area contributed by atoms with Crippen LogP contribution in [0.4, 0.5) is 0 Å². The molecule has 13 heavy (non-hydrogen) atoms. The van der Waals surface area contributed by atoms with Gasteiger partial charge in [-0.1, -0.05) is 18.7 Å². The van der Waals surface area contributed by atoms with Crippen LogP contribution in [0.1, 0.15) is 5.56 Å². The van der Waals surface area contributed by atoms with Gasteiger partial charge in [0.2, 0.25) is 0 Å². The number of rotatable bonds is 3. The largest absolute Gasteiger partial charge is 0.511 e. The molecule has 0 bridgehead atoms. The highest BCUT2D eigenvalue weighted by Crippen LogP contribution is 2.09. The molecule has 0 saturated carbocycles. The number of nitrogens with two attached hydrogens (primary N) is 1. The summed E-state index contributed by atoms with van der Waals surface area (Å²) >= 11 is 2.25. The van der Waals surface area contributed by atoms with Crippen LogP contribution in [0.5, 0.6) is 0 Å². The fourth-order valence-corrected chi connectivity index (χ4v) is 1.35. The predicted octanol–water partition coefficient (Wildman–Crippen LogP) is 2.23. The van der Waals surface area contributed by atoms with Crippen LogP contribution in [0.3, 0.4) is 0 Å². The van der Waals surface area contributed by atoms with E-state index in [1.807, 2.05) is 24.3 Å². The van der Waals surface area contributed by atoms with Crippen molar-refractivity contribution in [3.8, 4) is 0 Å². The Hall–Kier alpha value is -0.550. The first-order chi connectivity index (χ1) is 6.09. The van der Waals surface area contributed by atoms with Gasteiger partial charge in [-0.3, -0.25) is 0 Å². The van der Waals surface area contributed by atoms with Crippen LogP contribution in [0.25, 0.3) is 0 Å². The number of halogens is 1. The Labute approximate surface area is 91.6 Å². The second-order valence-electron chi connectivity index (χ2n) is 2.93. The summed E-state index contributed by atoms with van der Waals surface area (Å²) in [7, 11) is 0. The van der Waals surface area contributed by atoms with Gasteiger partial charge in [0.1, 0.15) is 5.76 Å². The van der Waals surface area contributed by atoms with Crippen molar-refractivity contribution in [2.24, 2.45) is 5.73 Å². The van der Waals surface area contributed by atoms with Crippen molar-refractivity contribution in [3.05, 3.63) is 45.7 Å². The van der Waals surface area contributed by atoms with Crippen molar-refractivity contribution in [1.82, 2.24) is 0 Å². The molecular formula is C10H12INO. The van der Waals surface area contributed by atoms with E-state index in [4.69, 9.17) is 10.8 Å². The third-order valence-corrected chi connectivity index (χ3v) is 2.52. The second kappa shape index (κ2) is 4.62. The van der Waals surface area contributed by atoms with E-state index in [0.29, 0.717) is 6.42 Å². The van der Waals surface area contributed by atoms with E-state index in [1.54, 1.807) is 0 Å². The molecular weight excluding hydrogens is 277 g/mol. The van der Waals surface area contributed by atoms with Gasteiger partial charge in [-0.05, 0) is 46.7 Å². The molecule has 3 heteroatoms. The molecule has 1 aromatic rings. The quantitative estimate of drug-likeness (QED) is 0.662. The van der Waals surface area contributed by atoms with Gasteiger partial charge in [0.15, 0.2) is 0 Å². The van der Waals surface area contributed by atoms with Gasteiger partial charge >= 0.3 is 0 Å². The topological polar surface area (TPSA) is 46.2 Å². The van der Waals surface area contributed by atoms with Crippen LogP contribution in [0, 0.1) is 3.57 Å². The van der Waals surface area contributed by atoms with Gasteiger partial charge in [0.25, 0.3) is 0 Å². The molecule has 0 aliphatic rings. The molecule has 0 heterocycles. The lowest BCUT2D eigenvalue weighted by Crippen LogP contribution is -2.24. The van der Waals surface area contributed by atoms with Gasteiger partial charge in [-0.2, -0.15) is 0 Å². The molecule has 1 aromatic carbocycles. The third kappa shape index (κ3) is 3.36. The molecule has 2 nitrogen and oxygen atoms in total. The summed E-state index contributed by atoms with van der Waals surface area (Å²) in [5.41, 5.74) is 6.75. The number of hydrogen-bond acceptors (Lipinski definition) is 2. The van der Waals surface area contributed by atoms with Gasteiger partial charge in [0, 0.05) is 3.57 Å². The first kappa shape index (κ1) is 10.5. The minimum atomic E-state index is -0.361. The fraction of sp³-hybridized carbons (Fsp3) is 0.200. The zero-order valence-corrected chi connectivity index (χ0v) is 9.36. The van der Waals surface area contributed by atoms with Crippen LogP contribution in [-0.2, 0) is 6.42 Å². The molecule has 1 atom stereocenters. The molecule has 0 aliphatic carbocycles. The van der Waals surface area contributed by atoms with Crippen molar-refractivity contribution in [2.75, 3.05) is 0 Å². The minimum Gasteiger partial charge on any atom is -0.511 e. The van der Waals surface area contributed by atoms with E-state index in [1.165, 1.54) is 3.57 Å². The lowest BCUT2D eigenvalue weighted by atomic mass is 10.1. The van der Waals surface area contributed by atoms with Crippen molar-refractivity contribution in [2.45, 2.75) is 12.5 Å². The minimum absolute atomic E-state index is 0.0403. The average molecular weight is 289 g/mol. The van der Waals surface area contributed by atoms with Crippen molar-refractivity contribution >= 4 is 22.6 Å². The zero-order chi connectivity index (χ0) is 9.84. The number of aliphatic hydroxyl groups excluding tert-OH is 1. The van der Waals surface area contributed by atoms with Gasteiger partial charge < -0.3 is 10.8 Å². The smallest absolute Gasteiger partial charge is 0.102 e. The first-order valence-corrected chi connectivity index (χ1v) is 5.05. The first-order valence-electron chi connectivity index (χ1n) is 3.97. The molecule has 0 unspecified atom stereocenters. The van der Waals surface area contributed by atoms with Crippen LogP contribution in [0.2, 0.25) is 0 Å². The predicted molar refractivity (Wildman–Crippen MR) is 62.6 cm³/mol. The maximum atomic E-state index is 9.02. The van der Waals surface area contributed by atoms with Crippen molar-refractivity contribution in [3.63, 3.8) is 0 Å². The zero-order valence-electron chi connectivity index (χ0n) is 7.20. The summed E-state index contributed by atoms with van der Waals surface area (Å²) in [6.45, 7) is 3.40. The van der Waals surface area contributed by atoms with Crippen LogP contribution < -0.4 is 5.73 Å². The Balaban J connectivity index is 2.64. The molecule has 3 N–H and O–H groups in total. The van der Waals surface area contributed by atoms with Crippen molar-refractivity contribution in [1.29, 1.82) is 0 Å². The fourth-order valence-electron chi connectivity index (χ4n) is 0.992. The molecule has 0 aromatic heterocycles. The van der Waals surface area contributed by atoms with E-state index < -0.39 is 0 Å².